The van der Waals surface area contributed by atoms with Crippen molar-refractivity contribution in [3.63, 3.8) is 0 Å². The van der Waals surface area contributed by atoms with Crippen molar-refractivity contribution >= 4 is 34.0 Å². The van der Waals surface area contributed by atoms with Crippen LogP contribution in [0.3, 0.4) is 0 Å². The minimum atomic E-state index is 0.569. The fourth-order valence-electron chi connectivity index (χ4n) is 1.57. The maximum absolute atomic E-state index is 6.04. The standard InChI is InChI=1S/C12H10Cl2O2/c1-15-11-5-7-4-10(14)12(16-2)6-8(7)3-9(11)13/h3-6H,1-2H3. The van der Waals surface area contributed by atoms with Gasteiger partial charge in [0, 0.05) is 0 Å². The van der Waals surface area contributed by atoms with Crippen LogP contribution in [0.1, 0.15) is 0 Å². The number of fused-ring (bicyclic) bond motifs is 1. The van der Waals surface area contributed by atoms with E-state index in [0.717, 1.165) is 10.8 Å². The van der Waals surface area contributed by atoms with Crippen molar-refractivity contribution < 1.29 is 9.47 Å². The van der Waals surface area contributed by atoms with Crippen LogP contribution >= 0.6 is 23.2 Å². The third-order valence-corrected chi connectivity index (χ3v) is 2.97. The van der Waals surface area contributed by atoms with Crippen LogP contribution in [0.25, 0.3) is 10.8 Å². The lowest BCUT2D eigenvalue weighted by Gasteiger charge is -2.08. The summed E-state index contributed by atoms with van der Waals surface area (Å²) in [5.41, 5.74) is 0. The fraction of sp³-hybridized carbons (Fsp3) is 0.167. The lowest BCUT2D eigenvalue weighted by Crippen LogP contribution is -1.87. The van der Waals surface area contributed by atoms with E-state index < -0.39 is 0 Å². The average molecular weight is 257 g/mol. The van der Waals surface area contributed by atoms with Crippen molar-refractivity contribution in [2.75, 3.05) is 14.2 Å². The summed E-state index contributed by atoms with van der Waals surface area (Å²) >= 11 is 12.1. The molecule has 2 rings (SSSR count). The second-order valence-corrected chi connectivity index (χ2v) is 4.14. The number of ether oxygens (including phenoxy) is 2. The van der Waals surface area contributed by atoms with E-state index in [1.165, 1.54) is 0 Å². The number of benzene rings is 2. The molecule has 0 fully saturated rings. The molecule has 2 aromatic rings. The normalized spacial score (nSPS) is 10.5. The van der Waals surface area contributed by atoms with Gasteiger partial charge in [-0.1, -0.05) is 23.2 Å². The van der Waals surface area contributed by atoms with Crippen LogP contribution in [0.5, 0.6) is 11.5 Å². The molecule has 2 aromatic carbocycles. The van der Waals surface area contributed by atoms with E-state index in [1.54, 1.807) is 14.2 Å². The Morgan fingerprint density at radius 3 is 1.44 bits per heavy atom. The number of hydrogen-bond acceptors (Lipinski definition) is 2. The van der Waals surface area contributed by atoms with Gasteiger partial charge in [-0.05, 0) is 35.0 Å². The smallest absolute Gasteiger partial charge is 0.138 e. The first-order valence-corrected chi connectivity index (χ1v) is 5.42. The van der Waals surface area contributed by atoms with Crippen LogP contribution < -0.4 is 9.47 Å². The molecular weight excluding hydrogens is 247 g/mol. The highest BCUT2D eigenvalue weighted by Gasteiger charge is 2.07. The molecule has 2 nitrogen and oxygen atoms in total. The van der Waals surface area contributed by atoms with Gasteiger partial charge >= 0.3 is 0 Å². The molecule has 84 valence electrons. The molecule has 16 heavy (non-hydrogen) atoms. The van der Waals surface area contributed by atoms with Gasteiger partial charge in [-0.2, -0.15) is 0 Å². The van der Waals surface area contributed by atoms with E-state index in [4.69, 9.17) is 32.7 Å². The molecule has 0 aliphatic heterocycles. The molecule has 0 amide bonds. The van der Waals surface area contributed by atoms with E-state index >= 15 is 0 Å². The zero-order valence-corrected chi connectivity index (χ0v) is 10.4. The lowest BCUT2D eigenvalue weighted by atomic mass is 10.1. The van der Waals surface area contributed by atoms with E-state index in [1.807, 2.05) is 24.3 Å². The van der Waals surface area contributed by atoms with Crippen LogP contribution in [0.2, 0.25) is 10.0 Å². The number of hydrogen-bond donors (Lipinski definition) is 0. The minimum Gasteiger partial charge on any atom is -0.495 e. The SMILES string of the molecule is COc1cc2cc(Cl)c(OC)cc2cc1Cl. The molecule has 0 saturated carbocycles. The highest BCUT2D eigenvalue weighted by molar-refractivity contribution is 6.34. The Labute approximate surface area is 104 Å². The van der Waals surface area contributed by atoms with Crippen molar-refractivity contribution in [2.45, 2.75) is 0 Å². The Morgan fingerprint density at radius 2 is 1.12 bits per heavy atom. The third kappa shape index (κ3) is 1.91. The molecule has 0 aromatic heterocycles. The third-order valence-electron chi connectivity index (χ3n) is 2.38. The first kappa shape index (κ1) is 11.4. The van der Waals surface area contributed by atoms with Crippen molar-refractivity contribution in [1.29, 1.82) is 0 Å². The van der Waals surface area contributed by atoms with Crippen molar-refractivity contribution in [3.8, 4) is 11.5 Å². The van der Waals surface area contributed by atoms with Crippen LogP contribution in [0.4, 0.5) is 0 Å². The number of halogens is 2. The summed E-state index contributed by atoms with van der Waals surface area (Å²) in [6, 6.07) is 7.36. The van der Waals surface area contributed by atoms with Gasteiger partial charge in [-0.3, -0.25) is 0 Å². The summed E-state index contributed by atoms with van der Waals surface area (Å²) in [7, 11) is 3.16. The molecule has 0 spiro atoms. The Balaban J connectivity index is 2.71. The minimum absolute atomic E-state index is 0.569. The molecule has 0 radical (unpaired) electrons. The zero-order chi connectivity index (χ0) is 11.7. The Kier molecular flexibility index (Phi) is 3.13. The fourth-order valence-corrected chi connectivity index (χ4v) is 2.06. The molecule has 0 atom stereocenters. The maximum Gasteiger partial charge on any atom is 0.138 e. The molecule has 0 N–H and O–H groups in total. The molecule has 0 aliphatic rings. The zero-order valence-electron chi connectivity index (χ0n) is 8.88. The predicted octanol–water partition coefficient (Wildman–Crippen LogP) is 4.16. The quantitative estimate of drug-likeness (QED) is 0.804. The largest absolute Gasteiger partial charge is 0.495 e. The van der Waals surface area contributed by atoms with Crippen LogP contribution in [0.15, 0.2) is 24.3 Å². The summed E-state index contributed by atoms with van der Waals surface area (Å²) < 4.78 is 10.3. The van der Waals surface area contributed by atoms with Gasteiger partial charge in [-0.25, -0.2) is 0 Å². The van der Waals surface area contributed by atoms with Crippen molar-refractivity contribution in [2.24, 2.45) is 0 Å². The Bertz CT molecular complexity index is 489. The van der Waals surface area contributed by atoms with Gasteiger partial charge in [0.15, 0.2) is 0 Å². The van der Waals surface area contributed by atoms with E-state index in [-0.39, 0.29) is 0 Å². The number of rotatable bonds is 2. The molecule has 0 bridgehead atoms. The van der Waals surface area contributed by atoms with Gasteiger partial charge in [0.05, 0.1) is 24.3 Å². The van der Waals surface area contributed by atoms with Gasteiger partial charge < -0.3 is 9.47 Å². The second-order valence-electron chi connectivity index (χ2n) is 3.32. The molecule has 4 heteroatoms. The predicted molar refractivity (Wildman–Crippen MR) is 67.1 cm³/mol. The molecule has 0 heterocycles. The molecule has 0 aliphatic carbocycles. The lowest BCUT2D eigenvalue weighted by molar-refractivity contribution is 0.414. The van der Waals surface area contributed by atoms with E-state index in [2.05, 4.69) is 0 Å². The van der Waals surface area contributed by atoms with E-state index in [9.17, 15) is 0 Å². The molecule has 0 unspecified atom stereocenters. The maximum atomic E-state index is 6.04. The highest BCUT2D eigenvalue weighted by atomic mass is 35.5. The van der Waals surface area contributed by atoms with Gasteiger partial charge in [-0.15, -0.1) is 0 Å². The van der Waals surface area contributed by atoms with E-state index in [0.29, 0.717) is 21.5 Å². The van der Waals surface area contributed by atoms with Gasteiger partial charge in [0.2, 0.25) is 0 Å². The summed E-state index contributed by atoms with van der Waals surface area (Å²) in [5, 5.41) is 3.07. The molecule has 0 saturated heterocycles. The van der Waals surface area contributed by atoms with Crippen LogP contribution in [-0.2, 0) is 0 Å². The average Bonchev–Trinajstić information content (AvgIpc) is 2.28. The molecular formula is C12H10Cl2O2. The first-order valence-electron chi connectivity index (χ1n) is 4.66. The summed E-state index contributed by atoms with van der Waals surface area (Å²) in [5.74, 6) is 1.27. The van der Waals surface area contributed by atoms with Gasteiger partial charge in [0.25, 0.3) is 0 Å². The Hall–Kier alpha value is -1.12. The second kappa shape index (κ2) is 4.40. The Morgan fingerprint density at radius 1 is 0.750 bits per heavy atom. The topological polar surface area (TPSA) is 18.5 Å². The summed E-state index contributed by atoms with van der Waals surface area (Å²) in [4.78, 5) is 0. The van der Waals surface area contributed by atoms with Crippen LogP contribution in [-0.4, -0.2) is 14.2 Å². The van der Waals surface area contributed by atoms with Crippen molar-refractivity contribution in [3.05, 3.63) is 34.3 Å². The monoisotopic (exact) mass is 256 g/mol. The number of methoxy groups -OCH3 is 2. The summed E-state index contributed by atoms with van der Waals surface area (Å²) in [6.07, 6.45) is 0. The van der Waals surface area contributed by atoms with Gasteiger partial charge in [0.1, 0.15) is 11.5 Å². The van der Waals surface area contributed by atoms with Crippen molar-refractivity contribution in [1.82, 2.24) is 0 Å². The highest BCUT2D eigenvalue weighted by Crippen LogP contribution is 2.35. The first-order chi connectivity index (χ1) is 7.65. The van der Waals surface area contributed by atoms with Crippen LogP contribution in [0, 0.1) is 0 Å². The summed E-state index contributed by atoms with van der Waals surface area (Å²) in [6.45, 7) is 0.